The first-order valence-corrected chi connectivity index (χ1v) is 7.73. The van der Waals surface area contributed by atoms with E-state index in [1.54, 1.807) is 17.0 Å². The van der Waals surface area contributed by atoms with Gasteiger partial charge in [0.15, 0.2) is 11.5 Å². The van der Waals surface area contributed by atoms with Gasteiger partial charge in [0.25, 0.3) is 5.91 Å². The number of benzene rings is 1. The van der Waals surface area contributed by atoms with Gasteiger partial charge in [-0.25, -0.2) is 0 Å². The standard InChI is InChI=1S/C17H19N3O3/c1-12-4-6-20(7-5-12)17(21)13(9-18)10-19-14-2-3-15-16(8-14)23-11-22-15/h2-3,8,10,12,19H,4-7,11H2,1H3/b13-10-. The quantitative estimate of drug-likeness (QED) is 0.685. The fourth-order valence-corrected chi connectivity index (χ4v) is 2.67. The highest BCUT2D eigenvalue weighted by atomic mass is 16.7. The summed E-state index contributed by atoms with van der Waals surface area (Å²) in [6.07, 6.45) is 3.43. The third-order valence-electron chi connectivity index (χ3n) is 4.18. The van der Waals surface area contributed by atoms with E-state index in [1.807, 2.05) is 12.1 Å². The normalized spacial score (nSPS) is 17.7. The summed E-state index contributed by atoms with van der Waals surface area (Å²) in [7, 11) is 0. The SMILES string of the molecule is CC1CCN(C(=O)/C(C#N)=C\Nc2ccc3c(c2)OCO3)CC1. The lowest BCUT2D eigenvalue weighted by Crippen LogP contribution is -2.38. The number of ether oxygens (including phenoxy) is 2. The van der Waals surface area contributed by atoms with Crippen LogP contribution in [0.5, 0.6) is 11.5 Å². The molecule has 0 aromatic heterocycles. The Morgan fingerprint density at radius 3 is 2.83 bits per heavy atom. The lowest BCUT2D eigenvalue weighted by molar-refractivity contribution is -0.128. The van der Waals surface area contributed by atoms with E-state index in [0.717, 1.165) is 18.5 Å². The molecule has 0 radical (unpaired) electrons. The Kier molecular flexibility index (Phi) is 4.38. The molecule has 0 unspecified atom stereocenters. The Bertz CT molecular complexity index is 670. The number of nitrogens with zero attached hydrogens (tertiary/aromatic N) is 2. The molecular weight excluding hydrogens is 294 g/mol. The van der Waals surface area contributed by atoms with Crippen LogP contribution in [-0.2, 0) is 4.79 Å². The molecule has 6 nitrogen and oxygen atoms in total. The topological polar surface area (TPSA) is 74.6 Å². The van der Waals surface area contributed by atoms with Crippen LogP contribution in [0, 0.1) is 17.2 Å². The maximum Gasteiger partial charge on any atom is 0.266 e. The van der Waals surface area contributed by atoms with Crippen molar-refractivity contribution < 1.29 is 14.3 Å². The number of anilines is 1. The molecule has 1 amide bonds. The second kappa shape index (κ2) is 6.61. The zero-order valence-electron chi connectivity index (χ0n) is 13.0. The second-order valence-corrected chi connectivity index (χ2v) is 5.86. The molecule has 2 heterocycles. The highest BCUT2D eigenvalue weighted by Crippen LogP contribution is 2.34. The molecule has 120 valence electrons. The first-order valence-electron chi connectivity index (χ1n) is 7.73. The van der Waals surface area contributed by atoms with E-state index in [1.165, 1.54) is 6.20 Å². The fourth-order valence-electron chi connectivity index (χ4n) is 2.67. The van der Waals surface area contributed by atoms with Crippen molar-refractivity contribution in [2.24, 2.45) is 5.92 Å². The predicted molar refractivity (Wildman–Crippen MR) is 84.9 cm³/mol. The summed E-state index contributed by atoms with van der Waals surface area (Å²) >= 11 is 0. The van der Waals surface area contributed by atoms with Gasteiger partial charge < -0.3 is 19.7 Å². The van der Waals surface area contributed by atoms with Crippen molar-refractivity contribution in [2.75, 3.05) is 25.2 Å². The number of piperidine rings is 1. The minimum atomic E-state index is -0.215. The van der Waals surface area contributed by atoms with Gasteiger partial charge in [-0.3, -0.25) is 4.79 Å². The number of likely N-dealkylation sites (tertiary alicyclic amines) is 1. The molecular formula is C17H19N3O3. The summed E-state index contributed by atoms with van der Waals surface area (Å²) in [4.78, 5) is 14.1. The number of nitrogens with one attached hydrogen (secondary N) is 1. The van der Waals surface area contributed by atoms with E-state index >= 15 is 0 Å². The number of carbonyl (C=O) groups is 1. The number of carbonyl (C=O) groups excluding carboxylic acids is 1. The Hall–Kier alpha value is -2.68. The van der Waals surface area contributed by atoms with Gasteiger partial charge in [0.1, 0.15) is 11.6 Å². The van der Waals surface area contributed by atoms with Crippen LogP contribution in [0.4, 0.5) is 5.69 Å². The second-order valence-electron chi connectivity index (χ2n) is 5.86. The summed E-state index contributed by atoms with van der Waals surface area (Å²) < 4.78 is 10.5. The largest absolute Gasteiger partial charge is 0.454 e. The number of fused-ring (bicyclic) bond motifs is 1. The van der Waals surface area contributed by atoms with Crippen molar-refractivity contribution in [1.29, 1.82) is 5.26 Å². The average molecular weight is 313 g/mol. The molecule has 23 heavy (non-hydrogen) atoms. The van der Waals surface area contributed by atoms with Crippen LogP contribution in [0.3, 0.4) is 0 Å². The number of hydrogen-bond acceptors (Lipinski definition) is 5. The van der Waals surface area contributed by atoms with Crippen molar-refractivity contribution in [3.63, 3.8) is 0 Å². The van der Waals surface area contributed by atoms with E-state index < -0.39 is 0 Å². The molecule has 1 saturated heterocycles. The number of amides is 1. The van der Waals surface area contributed by atoms with Crippen LogP contribution in [0.15, 0.2) is 30.0 Å². The van der Waals surface area contributed by atoms with Gasteiger partial charge in [-0.15, -0.1) is 0 Å². The van der Waals surface area contributed by atoms with Crippen molar-refractivity contribution in [3.05, 3.63) is 30.0 Å². The Morgan fingerprint density at radius 2 is 2.09 bits per heavy atom. The van der Waals surface area contributed by atoms with Crippen molar-refractivity contribution in [1.82, 2.24) is 4.90 Å². The van der Waals surface area contributed by atoms with Crippen molar-refractivity contribution in [3.8, 4) is 17.6 Å². The van der Waals surface area contributed by atoms with Crippen LogP contribution in [-0.4, -0.2) is 30.7 Å². The molecule has 1 N–H and O–H groups in total. The van der Waals surface area contributed by atoms with E-state index in [-0.39, 0.29) is 18.3 Å². The molecule has 6 heteroatoms. The highest BCUT2D eigenvalue weighted by molar-refractivity contribution is 5.97. The molecule has 3 rings (SSSR count). The van der Waals surface area contributed by atoms with E-state index in [2.05, 4.69) is 12.2 Å². The third-order valence-corrected chi connectivity index (χ3v) is 4.18. The highest BCUT2D eigenvalue weighted by Gasteiger charge is 2.23. The van der Waals surface area contributed by atoms with Gasteiger partial charge in [0.2, 0.25) is 6.79 Å². The number of rotatable bonds is 3. The molecule has 2 aliphatic heterocycles. The van der Waals surface area contributed by atoms with E-state index in [4.69, 9.17) is 9.47 Å². The summed E-state index contributed by atoms with van der Waals surface area (Å²) in [5, 5.41) is 12.2. The summed E-state index contributed by atoms with van der Waals surface area (Å²) in [5.41, 5.74) is 0.847. The lowest BCUT2D eigenvalue weighted by Gasteiger charge is -2.30. The van der Waals surface area contributed by atoms with Gasteiger partial charge in [-0.05, 0) is 30.9 Å². The fraction of sp³-hybridized carbons (Fsp3) is 0.412. The Balaban J connectivity index is 1.67. The molecule has 1 fully saturated rings. The minimum absolute atomic E-state index is 0.109. The zero-order chi connectivity index (χ0) is 16.2. The van der Waals surface area contributed by atoms with Gasteiger partial charge in [-0.1, -0.05) is 6.92 Å². The summed E-state index contributed by atoms with van der Waals surface area (Å²) in [6.45, 7) is 3.82. The monoisotopic (exact) mass is 313 g/mol. The lowest BCUT2D eigenvalue weighted by atomic mass is 9.99. The van der Waals surface area contributed by atoms with Crippen LogP contribution in [0.2, 0.25) is 0 Å². The van der Waals surface area contributed by atoms with Crippen LogP contribution in [0.1, 0.15) is 19.8 Å². The van der Waals surface area contributed by atoms with Crippen molar-refractivity contribution >= 4 is 11.6 Å². The van der Waals surface area contributed by atoms with Gasteiger partial charge >= 0.3 is 0 Å². The van der Waals surface area contributed by atoms with Crippen LogP contribution >= 0.6 is 0 Å². The maximum atomic E-state index is 12.4. The van der Waals surface area contributed by atoms with E-state index in [9.17, 15) is 10.1 Å². The van der Waals surface area contributed by atoms with E-state index in [0.29, 0.717) is 30.5 Å². The predicted octanol–water partition coefficient (Wildman–Crippen LogP) is 2.49. The van der Waals surface area contributed by atoms with Gasteiger partial charge in [0, 0.05) is 31.0 Å². The average Bonchev–Trinajstić information content (AvgIpc) is 3.03. The molecule has 0 atom stereocenters. The molecule has 0 bridgehead atoms. The molecule has 2 aliphatic rings. The molecule has 0 spiro atoms. The van der Waals surface area contributed by atoms with Crippen LogP contribution in [0.25, 0.3) is 0 Å². The summed E-state index contributed by atoms with van der Waals surface area (Å²) in [6, 6.07) is 7.36. The number of nitriles is 1. The smallest absolute Gasteiger partial charge is 0.266 e. The third kappa shape index (κ3) is 3.39. The van der Waals surface area contributed by atoms with Gasteiger partial charge in [0.05, 0.1) is 0 Å². The Labute approximate surface area is 135 Å². The maximum absolute atomic E-state index is 12.4. The zero-order valence-corrected chi connectivity index (χ0v) is 13.0. The Morgan fingerprint density at radius 1 is 1.35 bits per heavy atom. The minimum Gasteiger partial charge on any atom is -0.454 e. The first kappa shape index (κ1) is 15.2. The summed E-state index contributed by atoms with van der Waals surface area (Å²) in [5.74, 6) is 1.77. The number of hydrogen-bond donors (Lipinski definition) is 1. The molecule has 1 aromatic rings. The van der Waals surface area contributed by atoms with Crippen LogP contribution < -0.4 is 14.8 Å². The first-order chi connectivity index (χ1) is 11.2. The molecule has 1 aromatic carbocycles. The molecule has 0 aliphatic carbocycles. The molecule has 0 saturated carbocycles. The van der Waals surface area contributed by atoms with Crippen molar-refractivity contribution in [2.45, 2.75) is 19.8 Å². The van der Waals surface area contributed by atoms with Gasteiger partial charge in [-0.2, -0.15) is 5.26 Å².